The van der Waals surface area contributed by atoms with Crippen LogP contribution in [0.5, 0.6) is 0 Å². The number of nitrogens with zero attached hydrogens (tertiary/aromatic N) is 2. The Bertz CT molecular complexity index is 624. The molecule has 1 aromatic heterocycles. The van der Waals surface area contributed by atoms with E-state index in [0.29, 0.717) is 22.9 Å². The van der Waals surface area contributed by atoms with Crippen LogP contribution in [0.25, 0.3) is 5.69 Å². The number of hydrogen-bond acceptors (Lipinski definition) is 1. The molecule has 0 aliphatic heterocycles. The number of alkyl halides is 6. The maximum Gasteiger partial charge on any atom is 0.435 e. The van der Waals surface area contributed by atoms with Crippen molar-refractivity contribution in [3.05, 3.63) is 47.5 Å². The van der Waals surface area contributed by atoms with E-state index < -0.39 is 35.1 Å². The van der Waals surface area contributed by atoms with E-state index >= 15 is 0 Å². The van der Waals surface area contributed by atoms with Gasteiger partial charge < -0.3 is 0 Å². The molecule has 2 nitrogen and oxygen atoms in total. The van der Waals surface area contributed by atoms with Crippen LogP contribution in [-0.4, -0.2) is 9.78 Å². The number of benzene rings is 1. The summed E-state index contributed by atoms with van der Waals surface area (Å²) in [5.41, 5.74) is -3.43. The van der Waals surface area contributed by atoms with Gasteiger partial charge in [-0.25, -0.2) is 9.07 Å². The summed E-state index contributed by atoms with van der Waals surface area (Å²) >= 11 is 0. The summed E-state index contributed by atoms with van der Waals surface area (Å²) in [6.07, 6.45) is -8.96. The Morgan fingerprint density at radius 1 is 0.900 bits per heavy atom. The van der Waals surface area contributed by atoms with Gasteiger partial charge in [0.15, 0.2) is 5.69 Å². The molecule has 0 radical (unpaired) electrons. The Hall–Kier alpha value is -2.06. The molecule has 1 aromatic carbocycles. The second kappa shape index (κ2) is 4.50. The van der Waals surface area contributed by atoms with Crippen LogP contribution in [0.4, 0.5) is 30.7 Å². The van der Waals surface area contributed by atoms with Crippen LogP contribution in [0.2, 0.25) is 0 Å². The lowest BCUT2D eigenvalue weighted by molar-refractivity contribution is -0.141. The van der Waals surface area contributed by atoms with Gasteiger partial charge in [0.1, 0.15) is 5.82 Å². The van der Waals surface area contributed by atoms with Crippen LogP contribution < -0.4 is 0 Å². The Balaban J connectivity index is 2.56. The molecule has 0 aliphatic rings. The van der Waals surface area contributed by atoms with E-state index in [1.165, 1.54) is 0 Å². The summed E-state index contributed by atoms with van der Waals surface area (Å²) in [5, 5.41) is 3.02. The van der Waals surface area contributed by atoms with Crippen molar-refractivity contribution in [3.63, 3.8) is 0 Å². The van der Waals surface area contributed by atoms with Crippen LogP contribution in [0.1, 0.15) is 11.3 Å². The van der Waals surface area contributed by atoms with Gasteiger partial charge in [0.25, 0.3) is 0 Å². The average molecular weight is 298 g/mol. The van der Waals surface area contributed by atoms with Gasteiger partial charge in [0, 0.05) is 6.20 Å². The molecule has 20 heavy (non-hydrogen) atoms. The summed E-state index contributed by atoms with van der Waals surface area (Å²) in [7, 11) is 0. The van der Waals surface area contributed by atoms with Gasteiger partial charge in [0.05, 0.1) is 11.3 Å². The first-order valence-corrected chi connectivity index (χ1v) is 5.09. The topological polar surface area (TPSA) is 17.8 Å². The van der Waals surface area contributed by atoms with Crippen LogP contribution in [0.3, 0.4) is 0 Å². The smallest absolute Gasteiger partial charge is 0.240 e. The van der Waals surface area contributed by atoms with Crippen LogP contribution >= 0.6 is 0 Å². The van der Waals surface area contributed by atoms with Gasteiger partial charge in [-0.1, -0.05) is 0 Å². The van der Waals surface area contributed by atoms with Gasteiger partial charge >= 0.3 is 12.4 Å². The van der Waals surface area contributed by atoms with Gasteiger partial charge in [-0.05, 0) is 24.3 Å². The summed E-state index contributed by atoms with van der Waals surface area (Å²) < 4.78 is 88.5. The van der Waals surface area contributed by atoms with Crippen molar-refractivity contribution in [3.8, 4) is 5.69 Å². The minimum absolute atomic E-state index is 0.199. The van der Waals surface area contributed by atoms with Crippen LogP contribution in [-0.2, 0) is 12.4 Å². The highest BCUT2D eigenvalue weighted by atomic mass is 19.4. The van der Waals surface area contributed by atoms with Gasteiger partial charge in [0.2, 0.25) is 0 Å². The molecule has 2 rings (SSSR count). The Labute approximate surface area is 107 Å². The molecule has 9 heteroatoms. The zero-order valence-electron chi connectivity index (χ0n) is 9.43. The number of aromatic nitrogens is 2. The average Bonchev–Trinajstić information content (AvgIpc) is 2.76. The summed E-state index contributed by atoms with van der Waals surface area (Å²) in [6, 6.07) is 2.15. The lowest BCUT2D eigenvalue weighted by Crippen LogP contribution is -2.13. The van der Waals surface area contributed by atoms with E-state index in [2.05, 4.69) is 5.10 Å². The Morgan fingerprint density at radius 2 is 1.55 bits per heavy atom. The van der Waals surface area contributed by atoms with Crippen molar-refractivity contribution in [2.45, 2.75) is 12.4 Å². The van der Waals surface area contributed by atoms with E-state index in [9.17, 15) is 30.7 Å². The minimum atomic E-state index is -4.91. The molecule has 108 valence electrons. The fraction of sp³-hybridized carbons (Fsp3) is 0.182. The first-order valence-electron chi connectivity index (χ1n) is 5.09. The van der Waals surface area contributed by atoms with Gasteiger partial charge in [-0.15, -0.1) is 0 Å². The van der Waals surface area contributed by atoms with Crippen molar-refractivity contribution < 1.29 is 30.7 Å². The summed E-state index contributed by atoms with van der Waals surface area (Å²) in [5.74, 6) is -1.15. The fourth-order valence-corrected chi connectivity index (χ4v) is 1.54. The summed E-state index contributed by atoms with van der Waals surface area (Å²) in [6.45, 7) is 0. The third-order valence-electron chi connectivity index (χ3n) is 2.39. The standard InChI is InChI=1S/C11H5F7N2/c12-6-1-2-8(7(5-6)10(13,14)15)20-4-3-9(19-20)11(16,17)18/h1-5H. The predicted octanol–water partition coefficient (Wildman–Crippen LogP) is 4.05. The molecular formula is C11H5F7N2. The highest BCUT2D eigenvalue weighted by Crippen LogP contribution is 2.35. The van der Waals surface area contributed by atoms with Crippen molar-refractivity contribution in [2.75, 3.05) is 0 Å². The van der Waals surface area contributed by atoms with E-state index in [0.717, 1.165) is 6.20 Å². The van der Waals surface area contributed by atoms with Crippen molar-refractivity contribution in [2.24, 2.45) is 0 Å². The van der Waals surface area contributed by atoms with E-state index in [1.54, 1.807) is 0 Å². The third-order valence-corrected chi connectivity index (χ3v) is 2.39. The lowest BCUT2D eigenvalue weighted by atomic mass is 10.1. The number of hydrogen-bond donors (Lipinski definition) is 0. The molecule has 0 spiro atoms. The highest BCUT2D eigenvalue weighted by Gasteiger charge is 2.37. The normalized spacial score (nSPS) is 12.8. The van der Waals surface area contributed by atoms with Crippen LogP contribution in [0.15, 0.2) is 30.5 Å². The zero-order chi connectivity index (χ0) is 15.1. The van der Waals surface area contributed by atoms with Gasteiger partial charge in [-0.2, -0.15) is 31.4 Å². The van der Waals surface area contributed by atoms with Gasteiger partial charge in [-0.3, -0.25) is 0 Å². The first-order chi connectivity index (χ1) is 9.09. The summed E-state index contributed by atoms with van der Waals surface area (Å²) in [4.78, 5) is 0. The molecule has 0 saturated carbocycles. The fourth-order valence-electron chi connectivity index (χ4n) is 1.54. The molecule has 0 unspecified atom stereocenters. The molecule has 0 saturated heterocycles. The maximum absolute atomic E-state index is 12.9. The van der Waals surface area contributed by atoms with E-state index in [1.807, 2.05) is 0 Å². The SMILES string of the molecule is Fc1ccc(-n2ccc(C(F)(F)F)n2)c(C(F)(F)F)c1. The second-order valence-electron chi connectivity index (χ2n) is 3.80. The molecule has 0 N–H and O–H groups in total. The predicted molar refractivity (Wildman–Crippen MR) is 53.5 cm³/mol. The van der Waals surface area contributed by atoms with E-state index in [-0.39, 0.29) is 6.07 Å². The molecule has 0 atom stereocenters. The monoisotopic (exact) mass is 298 g/mol. The molecule has 0 aliphatic carbocycles. The first kappa shape index (κ1) is 14.4. The minimum Gasteiger partial charge on any atom is -0.240 e. The van der Waals surface area contributed by atoms with Crippen molar-refractivity contribution in [1.82, 2.24) is 9.78 Å². The maximum atomic E-state index is 12.9. The third kappa shape index (κ3) is 2.75. The Morgan fingerprint density at radius 3 is 2.05 bits per heavy atom. The van der Waals surface area contributed by atoms with Crippen molar-refractivity contribution in [1.29, 1.82) is 0 Å². The van der Waals surface area contributed by atoms with Crippen molar-refractivity contribution >= 4 is 0 Å². The molecule has 0 bridgehead atoms. The van der Waals surface area contributed by atoms with E-state index in [4.69, 9.17) is 0 Å². The van der Waals surface area contributed by atoms with Crippen LogP contribution in [0, 0.1) is 5.82 Å². The molecular weight excluding hydrogens is 293 g/mol. The number of rotatable bonds is 1. The largest absolute Gasteiger partial charge is 0.435 e. The highest BCUT2D eigenvalue weighted by molar-refractivity contribution is 5.42. The number of halogens is 7. The Kier molecular flexibility index (Phi) is 3.23. The second-order valence-corrected chi connectivity index (χ2v) is 3.80. The lowest BCUT2D eigenvalue weighted by Gasteiger charge is -2.12. The quantitative estimate of drug-likeness (QED) is 0.726. The zero-order valence-corrected chi connectivity index (χ0v) is 9.43. The molecule has 1 heterocycles. The molecule has 0 amide bonds. The molecule has 0 fully saturated rings. The molecule has 2 aromatic rings.